The van der Waals surface area contributed by atoms with Crippen LogP contribution >= 0.6 is 44.1 Å². The summed E-state index contributed by atoms with van der Waals surface area (Å²) in [6, 6.07) is 15.2. The Morgan fingerprint density at radius 2 is 1.68 bits per heavy atom. The van der Waals surface area contributed by atoms with Gasteiger partial charge in [-0.05, 0) is 71.2 Å². The average molecular weight is 615 g/mol. The molecule has 0 bridgehead atoms. The lowest BCUT2D eigenvalue weighted by molar-refractivity contribution is -0.143. The lowest BCUT2D eigenvalue weighted by Gasteiger charge is -2.12. The Balaban J connectivity index is 1.51. The number of esters is 1. The van der Waals surface area contributed by atoms with Crippen LogP contribution in [0.2, 0.25) is 0 Å². The second kappa shape index (κ2) is 15.4. The van der Waals surface area contributed by atoms with Crippen molar-refractivity contribution in [3.63, 3.8) is 0 Å². The topological polar surface area (TPSA) is 106 Å². The maximum Gasteiger partial charge on any atom is 0.305 e. The number of rotatable bonds is 11. The fourth-order valence-electron chi connectivity index (χ4n) is 2.69. The minimum absolute atomic E-state index is 0.0633. The number of aryl methyl sites for hydroxylation is 1. The first-order valence-corrected chi connectivity index (χ1v) is 12.5. The predicted octanol–water partition coefficient (Wildman–Crippen LogP) is 3.96. The molecule has 0 radical (unpaired) electrons. The zero-order valence-corrected chi connectivity index (χ0v) is 22.3. The predicted molar refractivity (Wildman–Crippen MR) is 139 cm³/mol. The Bertz CT molecular complexity index is 992. The Kier molecular flexibility index (Phi) is 12.6. The van der Waals surface area contributed by atoms with Gasteiger partial charge < -0.3 is 14.8 Å². The molecule has 0 aromatic heterocycles. The number of halogens is 2. The molecule has 0 aliphatic rings. The highest BCUT2D eigenvalue weighted by Crippen LogP contribution is 2.28. The molecule has 182 valence electrons. The normalized spacial score (nSPS) is 10.2. The first-order chi connectivity index (χ1) is 16.3. The molecule has 11 heteroatoms. The van der Waals surface area contributed by atoms with E-state index in [2.05, 4.69) is 48.0 Å². The van der Waals surface area contributed by atoms with Crippen LogP contribution in [0.3, 0.4) is 0 Å². The van der Waals surface area contributed by atoms with E-state index in [-0.39, 0.29) is 36.4 Å². The van der Waals surface area contributed by atoms with Gasteiger partial charge in [-0.15, -0.1) is 0 Å². The minimum atomic E-state index is -0.485. The van der Waals surface area contributed by atoms with E-state index >= 15 is 0 Å². The van der Waals surface area contributed by atoms with Gasteiger partial charge >= 0.3 is 5.97 Å². The molecule has 2 amide bonds. The van der Waals surface area contributed by atoms with Gasteiger partial charge in [-0.2, -0.15) is 0 Å². The molecule has 2 aromatic rings. The van der Waals surface area contributed by atoms with E-state index in [9.17, 15) is 14.4 Å². The zero-order chi connectivity index (χ0) is 24.8. The van der Waals surface area contributed by atoms with Gasteiger partial charge in [-0.1, -0.05) is 46.3 Å². The molecule has 3 N–H and O–H groups in total. The number of carbonyl (C=O) groups is 3. The maximum absolute atomic E-state index is 11.9. The number of amides is 2. The van der Waals surface area contributed by atoms with Gasteiger partial charge in [0.1, 0.15) is 5.75 Å². The van der Waals surface area contributed by atoms with Crippen LogP contribution in [-0.4, -0.2) is 36.1 Å². The molecule has 2 rings (SSSR count). The summed E-state index contributed by atoms with van der Waals surface area (Å²) in [4.78, 5) is 35.6. The fraction of sp³-hybridized carbons (Fsp3) is 0.304. The molecule has 0 unspecified atom stereocenters. The van der Waals surface area contributed by atoms with Crippen LogP contribution in [0.15, 0.2) is 57.5 Å². The number of hydrogen-bond acceptors (Lipinski definition) is 6. The quantitative estimate of drug-likeness (QED) is 0.152. The van der Waals surface area contributed by atoms with Crippen molar-refractivity contribution < 1.29 is 23.9 Å². The summed E-state index contributed by atoms with van der Waals surface area (Å²) in [5.41, 5.74) is 5.96. The summed E-state index contributed by atoms with van der Waals surface area (Å²) in [5.74, 6) is -0.699. The van der Waals surface area contributed by atoms with Crippen molar-refractivity contribution in [1.82, 2.24) is 16.2 Å². The van der Waals surface area contributed by atoms with Crippen molar-refractivity contribution >= 4 is 67.0 Å². The molecule has 0 fully saturated rings. The van der Waals surface area contributed by atoms with E-state index in [0.29, 0.717) is 23.2 Å². The summed E-state index contributed by atoms with van der Waals surface area (Å²) in [6.45, 7) is 0.0906. The van der Waals surface area contributed by atoms with Crippen molar-refractivity contribution in [3.8, 4) is 5.75 Å². The SMILES string of the molecule is O=C(COc1ccc(Br)cc1Br)NNC(=S)NC(=O)CCCC(=O)OCCCc1ccccc1. The lowest BCUT2D eigenvalue weighted by Crippen LogP contribution is -2.49. The smallest absolute Gasteiger partial charge is 0.305 e. The van der Waals surface area contributed by atoms with Crippen LogP contribution in [0.1, 0.15) is 31.2 Å². The molecule has 0 atom stereocenters. The summed E-state index contributed by atoms with van der Waals surface area (Å²) in [5, 5.41) is 2.37. The Labute approximate surface area is 220 Å². The van der Waals surface area contributed by atoms with E-state index in [1.54, 1.807) is 18.2 Å². The maximum atomic E-state index is 11.9. The molecule has 0 heterocycles. The largest absolute Gasteiger partial charge is 0.483 e. The van der Waals surface area contributed by atoms with Gasteiger partial charge in [0, 0.05) is 17.3 Å². The lowest BCUT2D eigenvalue weighted by atomic mass is 10.1. The van der Waals surface area contributed by atoms with Crippen molar-refractivity contribution in [2.75, 3.05) is 13.2 Å². The van der Waals surface area contributed by atoms with Crippen LogP contribution in [0.5, 0.6) is 5.75 Å². The monoisotopic (exact) mass is 613 g/mol. The van der Waals surface area contributed by atoms with Gasteiger partial charge in [0.05, 0.1) is 11.1 Å². The number of benzene rings is 2. The zero-order valence-electron chi connectivity index (χ0n) is 18.3. The average Bonchev–Trinajstić information content (AvgIpc) is 2.80. The number of carbonyl (C=O) groups excluding carboxylic acids is 3. The third kappa shape index (κ3) is 11.6. The minimum Gasteiger partial charge on any atom is -0.483 e. The van der Waals surface area contributed by atoms with Crippen LogP contribution < -0.4 is 20.9 Å². The van der Waals surface area contributed by atoms with E-state index in [1.807, 2.05) is 30.3 Å². The molecular formula is C23H25Br2N3O5S. The molecular weight excluding hydrogens is 590 g/mol. The first-order valence-electron chi connectivity index (χ1n) is 10.5. The molecule has 0 aliphatic heterocycles. The highest BCUT2D eigenvalue weighted by Gasteiger charge is 2.10. The van der Waals surface area contributed by atoms with Crippen molar-refractivity contribution in [2.24, 2.45) is 0 Å². The van der Waals surface area contributed by atoms with Gasteiger partial charge in [0.2, 0.25) is 5.91 Å². The fourth-order valence-corrected chi connectivity index (χ4v) is 4.02. The molecule has 34 heavy (non-hydrogen) atoms. The number of hydrogen-bond donors (Lipinski definition) is 3. The summed E-state index contributed by atoms with van der Waals surface area (Å²) in [7, 11) is 0. The van der Waals surface area contributed by atoms with Crippen molar-refractivity contribution in [2.45, 2.75) is 32.1 Å². The van der Waals surface area contributed by atoms with Crippen molar-refractivity contribution in [1.29, 1.82) is 0 Å². The number of hydrazine groups is 1. The van der Waals surface area contributed by atoms with Gasteiger partial charge in [-0.3, -0.25) is 25.2 Å². The summed E-state index contributed by atoms with van der Waals surface area (Å²) in [6.07, 6.45) is 2.14. The molecule has 0 saturated heterocycles. The summed E-state index contributed by atoms with van der Waals surface area (Å²) < 4.78 is 12.2. The molecule has 0 spiro atoms. The van der Waals surface area contributed by atoms with Crippen LogP contribution in [0.25, 0.3) is 0 Å². The number of ether oxygens (including phenoxy) is 2. The molecule has 2 aromatic carbocycles. The highest BCUT2D eigenvalue weighted by molar-refractivity contribution is 9.11. The highest BCUT2D eigenvalue weighted by atomic mass is 79.9. The van der Waals surface area contributed by atoms with Gasteiger partial charge in [0.15, 0.2) is 11.7 Å². The van der Waals surface area contributed by atoms with Gasteiger partial charge in [0.25, 0.3) is 5.91 Å². The second-order valence-electron chi connectivity index (χ2n) is 7.08. The molecule has 8 nitrogen and oxygen atoms in total. The Morgan fingerprint density at radius 1 is 0.912 bits per heavy atom. The Morgan fingerprint density at radius 3 is 2.41 bits per heavy atom. The molecule has 0 saturated carbocycles. The third-order valence-electron chi connectivity index (χ3n) is 4.32. The standard InChI is InChI=1S/C23H25Br2N3O5S/c24-17-11-12-19(18(25)14-17)33-15-21(30)27-28-23(34)26-20(29)9-4-10-22(31)32-13-5-8-16-6-2-1-3-7-16/h1-3,6-7,11-12,14H,4-5,8-10,13,15H2,(H,27,30)(H2,26,28,29,34). The number of nitrogens with one attached hydrogen (secondary N) is 3. The third-order valence-corrected chi connectivity index (χ3v) is 5.64. The van der Waals surface area contributed by atoms with Gasteiger partial charge in [-0.25, -0.2) is 0 Å². The van der Waals surface area contributed by atoms with Crippen molar-refractivity contribution in [3.05, 3.63) is 63.0 Å². The summed E-state index contributed by atoms with van der Waals surface area (Å²) >= 11 is 11.6. The van der Waals surface area contributed by atoms with E-state index in [0.717, 1.165) is 17.3 Å². The molecule has 0 aliphatic carbocycles. The van der Waals surface area contributed by atoms with E-state index in [1.165, 1.54) is 5.56 Å². The first kappa shape index (κ1) is 27.7. The Hall–Kier alpha value is -2.50. The van der Waals surface area contributed by atoms with E-state index < -0.39 is 5.91 Å². The van der Waals surface area contributed by atoms with Crippen LogP contribution in [-0.2, 0) is 25.5 Å². The van der Waals surface area contributed by atoms with Crippen LogP contribution in [0, 0.1) is 0 Å². The second-order valence-corrected chi connectivity index (χ2v) is 9.26. The van der Waals surface area contributed by atoms with E-state index in [4.69, 9.17) is 21.7 Å². The van der Waals surface area contributed by atoms with Crippen LogP contribution in [0.4, 0.5) is 0 Å². The number of thiocarbonyl (C=S) groups is 1.